The van der Waals surface area contributed by atoms with E-state index >= 15 is 0 Å². The highest BCUT2D eigenvalue weighted by atomic mass is 19.3. The second kappa shape index (κ2) is 7.81. The van der Waals surface area contributed by atoms with Crippen molar-refractivity contribution < 1.29 is 18.3 Å². The van der Waals surface area contributed by atoms with Crippen LogP contribution in [0, 0.1) is 0 Å². The molecule has 3 heterocycles. The number of anilines is 2. The van der Waals surface area contributed by atoms with E-state index in [4.69, 9.17) is 4.74 Å². The Hall–Kier alpha value is -2.97. The molecule has 1 unspecified atom stereocenters. The Balaban J connectivity index is 1.62. The van der Waals surface area contributed by atoms with Crippen molar-refractivity contribution in [3.05, 3.63) is 47.9 Å². The number of rotatable bonds is 0. The van der Waals surface area contributed by atoms with Gasteiger partial charge in [0, 0.05) is 35.6 Å². The number of halogens is 2. The molecule has 154 valence electrons. The maximum Gasteiger partial charge on any atom is 0.407 e. The maximum absolute atomic E-state index is 14.5. The van der Waals surface area contributed by atoms with Gasteiger partial charge in [-0.2, -0.15) is 13.9 Å². The van der Waals surface area contributed by atoms with Crippen LogP contribution < -0.4 is 10.6 Å². The first kappa shape index (κ1) is 19.4. The lowest BCUT2D eigenvalue weighted by Gasteiger charge is -2.17. The number of allylic oxidation sites excluding steroid dienone is 1. The third-order valence-electron chi connectivity index (χ3n) is 5.25. The molecule has 3 N–H and O–H groups in total. The number of hydrogen-bond donors (Lipinski definition) is 3. The minimum atomic E-state index is -3.24. The third kappa shape index (κ3) is 4.55. The number of hydrogen-bond acceptors (Lipinski definition) is 5. The molecule has 1 amide bonds. The van der Waals surface area contributed by atoms with Crippen molar-refractivity contribution in [3.63, 3.8) is 0 Å². The van der Waals surface area contributed by atoms with Gasteiger partial charge in [-0.15, -0.1) is 0 Å². The first-order valence-corrected chi connectivity index (χ1v) is 9.70. The Morgan fingerprint density at radius 1 is 1.28 bits per heavy atom. The molecule has 0 saturated heterocycles. The molecule has 0 aromatic carbocycles. The van der Waals surface area contributed by atoms with Crippen LogP contribution in [-0.2, 0) is 10.7 Å². The van der Waals surface area contributed by atoms with E-state index in [0.29, 0.717) is 11.5 Å². The molecule has 6 bridgehead atoms. The summed E-state index contributed by atoms with van der Waals surface area (Å²) in [7, 11) is 0. The summed E-state index contributed by atoms with van der Waals surface area (Å²) in [6.45, 7) is 1.74. The molecule has 9 heteroatoms. The zero-order valence-corrected chi connectivity index (χ0v) is 16.0. The summed E-state index contributed by atoms with van der Waals surface area (Å²) in [4.78, 5) is 15.9. The minimum Gasteiger partial charge on any atom is -0.446 e. The SMILES string of the molecule is CC1C/C=C\C(F)(F)c2cc(ccn2)Nc2cc([nH]n2)[C@H]2CC[C@H](C2)OC(=O)N1. The molecular weight excluding hydrogens is 380 g/mol. The summed E-state index contributed by atoms with van der Waals surface area (Å²) in [6.07, 6.45) is 5.42. The molecule has 29 heavy (non-hydrogen) atoms. The molecular formula is C20H23F2N5O2. The monoisotopic (exact) mass is 403 g/mol. The van der Waals surface area contributed by atoms with E-state index in [1.165, 1.54) is 18.3 Å². The summed E-state index contributed by atoms with van der Waals surface area (Å²) < 4.78 is 34.5. The zero-order chi connectivity index (χ0) is 20.4. The number of carbonyl (C=O) groups is 1. The number of fused-ring (bicyclic) bond motifs is 7. The number of carbonyl (C=O) groups excluding carboxylic acids is 1. The zero-order valence-electron chi connectivity index (χ0n) is 16.0. The number of alkyl carbamates (subject to hydrolysis) is 1. The van der Waals surface area contributed by atoms with Gasteiger partial charge in [0.05, 0.1) is 0 Å². The molecule has 0 radical (unpaired) electrons. The van der Waals surface area contributed by atoms with Crippen molar-refractivity contribution in [3.8, 4) is 0 Å². The summed E-state index contributed by atoms with van der Waals surface area (Å²) in [6, 6.07) is 4.46. The Morgan fingerprint density at radius 2 is 2.14 bits per heavy atom. The van der Waals surface area contributed by atoms with Gasteiger partial charge in [-0.25, -0.2) is 4.79 Å². The lowest BCUT2D eigenvalue weighted by atomic mass is 10.0. The Labute approximate surface area is 166 Å². The molecule has 2 aromatic rings. The van der Waals surface area contributed by atoms with Gasteiger partial charge < -0.3 is 15.4 Å². The number of ether oxygens (including phenoxy) is 1. The number of amides is 1. The first-order chi connectivity index (χ1) is 13.9. The Kier molecular flexibility index (Phi) is 5.21. The van der Waals surface area contributed by atoms with Crippen LogP contribution >= 0.6 is 0 Å². The van der Waals surface area contributed by atoms with Crippen LogP contribution in [-0.4, -0.2) is 33.4 Å². The number of nitrogens with zero attached hydrogens (tertiary/aromatic N) is 2. The van der Waals surface area contributed by atoms with Crippen molar-refractivity contribution in [1.29, 1.82) is 0 Å². The summed E-state index contributed by atoms with van der Waals surface area (Å²) in [5, 5.41) is 13.0. The van der Waals surface area contributed by atoms with Crippen molar-refractivity contribution >= 4 is 17.6 Å². The molecule has 3 atom stereocenters. The van der Waals surface area contributed by atoms with E-state index in [0.717, 1.165) is 31.0 Å². The van der Waals surface area contributed by atoms with Crippen LogP contribution in [0.25, 0.3) is 0 Å². The molecule has 7 nitrogen and oxygen atoms in total. The fourth-order valence-corrected chi connectivity index (χ4v) is 3.73. The van der Waals surface area contributed by atoms with E-state index in [1.807, 2.05) is 6.07 Å². The standard InChI is InChI=1S/C20H23F2N5O2/c1-12-3-2-7-20(21,22)17-10-14(6-8-23-17)25-18-11-16(26-27-18)13-4-5-15(9-13)29-19(28)24-12/h2,6-8,10-13,15H,3-5,9H2,1H3,(H,24,28)(H2,25,26,27)/b7-2-/t12?,13-,15+/m0/s1. The number of alkyl halides is 2. The van der Waals surface area contributed by atoms with E-state index in [2.05, 4.69) is 25.8 Å². The fourth-order valence-electron chi connectivity index (χ4n) is 3.73. The average molecular weight is 403 g/mol. The van der Waals surface area contributed by atoms with Gasteiger partial charge in [-0.3, -0.25) is 10.1 Å². The van der Waals surface area contributed by atoms with Crippen LogP contribution in [0.2, 0.25) is 0 Å². The lowest BCUT2D eigenvalue weighted by Crippen LogP contribution is -2.34. The van der Waals surface area contributed by atoms with E-state index < -0.39 is 12.0 Å². The number of aromatic amines is 1. The van der Waals surface area contributed by atoms with Gasteiger partial charge in [-0.1, -0.05) is 6.08 Å². The fraction of sp³-hybridized carbons (Fsp3) is 0.450. The van der Waals surface area contributed by atoms with Crippen molar-refractivity contribution in [2.75, 3.05) is 5.32 Å². The second-order valence-corrected chi connectivity index (χ2v) is 7.61. The van der Waals surface area contributed by atoms with Gasteiger partial charge in [0.1, 0.15) is 11.8 Å². The molecule has 1 saturated carbocycles. The maximum atomic E-state index is 14.5. The molecule has 2 aromatic heterocycles. The molecule has 1 aliphatic heterocycles. The average Bonchev–Trinajstić information content (AvgIpc) is 3.30. The highest BCUT2D eigenvalue weighted by Gasteiger charge is 2.31. The lowest BCUT2D eigenvalue weighted by molar-refractivity contribution is 0.0469. The minimum absolute atomic E-state index is 0.173. The normalized spacial score (nSPS) is 27.7. The molecule has 0 spiro atoms. The van der Waals surface area contributed by atoms with E-state index in [1.54, 1.807) is 13.0 Å². The topological polar surface area (TPSA) is 91.9 Å². The Morgan fingerprint density at radius 3 is 3.00 bits per heavy atom. The quantitative estimate of drug-likeness (QED) is 0.569. The molecule has 1 aliphatic carbocycles. The predicted molar refractivity (Wildman–Crippen MR) is 103 cm³/mol. The van der Waals surface area contributed by atoms with Gasteiger partial charge in [0.15, 0.2) is 5.82 Å². The van der Waals surface area contributed by atoms with Crippen LogP contribution in [0.1, 0.15) is 49.9 Å². The van der Waals surface area contributed by atoms with Gasteiger partial charge >= 0.3 is 12.0 Å². The van der Waals surface area contributed by atoms with E-state index in [9.17, 15) is 13.6 Å². The number of pyridine rings is 1. The summed E-state index contributed by atoms with van der Waals surface area (Å²) in [5.74, 6) is -2.50. The predicted octanol–water partition coefficient (Wildman–Crippen LogP) is 4.35. The van der Waals surface area contributed by atoms with Crippen molar-refractivity contribution in [2.45, 2.75) is 56.6 Å². The number of H-pyrrole nitrogens is 1. The smallest absolute Gasteiger partial charge is 0.407 e. The number of aromatic nitrogens is 3. The van der Waals surface area contributed by atoms with Crippen LogP contribution in [0.3, 0.4) is 0 Å². The largest absolute Gasteiger partial charge is 0.446 e. The Bertz CT molecular complexity index is 914. The first-order valence-electron chi connectivity index (χ1n) is 9.70. The third-order valence-corrected chi connectivity index (χ3v) is 5.25. The summed E-state index contributed by atoms with van der Waals surface area (Å²) in [5.41, 5.74) is 1.04. The molecule has 1 fully saturated rings. The molecule has 4 rings (SSSR count). The highest BCUT2D eigenvalue weighted by molar-refractivity contribution is 5.67. The number of nitrogens with one attached hydrogen (secondary N) is 3. The second-order valence-electron chi connectivity index (χ2n) is 7.61. The van der Waals surface area contributed by atoms with Gasteiger partial charge in [0.25, 0.3) is 0 Å². The van der Waals surface area contributed by atoms with Crippen molar-refractivity contribution in [2.24, 2.45) is 0 Å². The van der Waals surface area contributed by atoms with E-state index in [-0.39, 0.29) is 30.2 Å². The highest BCUT2D eigenvalue weighted by Crippen LogP contribution is 2.36. The van der Waals surface area contributed by atoms with Crippen LogP contribution in [0.15, 0.2) is 36.5 Å². The molecule has 2 aliphatic rings. The summed E-state index contributed by atoms with van der Waals surface area (Å²) >= 11 is 0. The van der Waals surface area contributed by atoms with Crippen LogP contribution in [0.5, 0.6) is 0 Å². The van der Waals surface area contributed by atoms with Crippen LogP contribution in [0.4, 0.5) is 25.1 Å². The van der Waals surface area contributed by atoms with Crippen molar-refractivity contribution in [1.82, 2.24) is 20.5 Å². The van der Waals surface area contributed by atoms with Gasteiger partial charge in [-0.05, 0) is 50.8 Å². The van der Waals surface area contributed by atoms with Gasteiger partial charge in [0.2, 0.25) is 0 Å².